The van der Waals surface area contributed by atoms with Crippen molar-refractivity contribution in [1.29, 1.82) is 0 Å². The predicted molar refractivity (Wildman–Crippen MR) is 75.5 cm³/mol. The molecule has 0 saturated carbocycles. The van der Waals surface area contributed by atoms with E-state index >= 15 is 0 Å². The SMILES string of the molecule is CC(C)O.CC(C)O.CC(C)O.[Cl][Ti]([Cl])([Cl])[Cl]. The average Bonchev–Trinajstić information content (AvgIpc) is 1.73. The molecule has 0 heterocycles. The Morgan fingerprint density at radius 3 is 0.588 bits per heavy atom. The molecule has 0 unspecified atom stereocenters. The molecule has 0 aliphatic rings. The first-order valence-corrected chi connectivity index (χ1v) is 13.6. The Balaban J connectivity index is -0.0000000667. The van der Waals surface area contributed by atoms with Crippen molar-refractivity contribution in [3.8, 4) is 0 Å². The molecule has 0 fully saturated rings. The summed E-state index contributed by atoms with van der Waals surface area (Å²) in [4.78, 5) is 0. The minimum atomic E-state index is -3.11. The van der Waals surface area contributed by atoms with Gasteiger partial charge in [-0.05, 0) is 41.5 Å². The molecule has 0 spiro atoms. The van der Waals surface area contributed by atoms with Crippen LogP contribution in [0, 0.1) is 0 Å². The second-order valence-corrected chi connectivity index (χ2v) is 19.2. The van der Waals surface area contributed by atoms with Crippen LogP contribution in [0.3, 0.4) is 0 Å². The van der Waals surface area contributed by atoms with E-state index in [0.29, 0.717) is 0 Å². The van der Waals surface area contributed by atoms with Crippen molar-refractivity contribution >= 4 is 37.2 Å². The van der Waals surface area contributed by atoms with Crippen LogP contribution < -0.4 is 0 Å². The number of rotatable bonds is 0. The van der Waals surface area contributed by atoms with Crippen LogP contribution in [-0.4, -0.2) is 33.6 Å². The molecule has 0 aliphatic carbocycles. The molecule has 0 amide bonds. The van der Waals surface area contributed by atoms with Gasteiger partial charge in [0.1, 0.15) is 0 Å². The standard InChI is InChI=1S/3C3H8O.4ClH.Ti/c3*1-3(2)4;;;;;/h3*3-4H,1-2H3;4*1H;/q;;;;;;;+4/p-4. The average molecular weight is 370 g/mol. The Hall–Kier alpha value is 1.75. The van der Waals surface area contributed by atoms with Gasteiger partial charge >= 0.3 is 49.6 Å². The fourth-order valence-corrected chi connectivity index (χ4v) is 0. The molecule has 0 radical (unpaired) electrons. The van der Waals surface area contributed by atoms with Crippen LogP contribution in [0.15, 0.2) is 0 Å². The van der Waals surface area contributed by atoms with Crippen LogP contribution in [0.4, 0.5) is 0 Å². The summed E-state index contributed by atoms with van der Waals surface area (Å²) < 4.78 is 0. The Bertz CT molecular complexity index is 101. The first-order chi connectivity index (χ1) is 7.20. The van der Waals surface area contributed by atoms with E-state index in [2.05, 4.69) is 0 Å². The molecule has 17 heavy (non-hydrogen) atoms. The van der Waals surface area contributed by atoms with E-state index in [1.807, 2.05) is 0 Å². The van der Waals surface area contributed by atoms with Gasteiger partial charge in [0.05, 0.1) is 0 Å². The van der Waals surface area contributed by atoms with Gasteiger partial charge in [-0.2, -0.15) is 0 Å². The van der Waals surface area contributed by atoms with E-state index in [4.69, 9.17) is 52.5 Å². The second-order valence-electron chi connectivity index (χ2n) is 3.71. The van der Waals surface area contributed by atoms with Crippen molar-refractivity contribution < 1.29 is 27.7 Å². The van der Waals surface area contributed by atoms with Gasteiger partial charge in [0.2, 0.25) is 0 Å². The molecule has 0 saturated heterocycles. The number of aliphatic hydroxyl groups excluding tert-OH is 3. The van der Waals surface area contributed by atoms with Gasteiger partial charge in [-0.25, -0.2) is 0 Å². The summed E-state index contributed by atoms with van der Waals surface area (Å²) in [5, 5.41) is 24.2. The van der Waals surface area contributed by atoms with Crippen LogP contribution in [0.25, 0.3) is 0 Å². The maximum absolute atomic E-state index is 8.06. The number of aliphatic hydroxyl groups is 3. The third kappa shape index (κ3) is 1430. The molecule has 3 N–H and O–H groups in total. The van der Waals surface area contributed by atoms with E-state index in [1.54, 1.807) is 41.5 Å². The predicted octanol–water partition coefficient (Wildman–Crippen LogP) is 3.92. The Labute approximate surface area is 124 Å². The molecule has 0 aromatic carbocycles. The van der Waals surface area contributed by atoms with Gasteiger partial charge in [-0.1, -0.05) is 0 Å². The van der Waals surface area contributed by atoms with Crippen molar-refractivity contribution in [2.75, 3.05) is 0 Å². The first-order valence-electron chi connectivity index (χ1n) is 4.99. The Morgan fingerprint density at radius 2 is 0.588 bits per heavy atom. The summed E-state index contributed by atoms with van der Waals surface area (Å²) in [5.41, 5.74) is 0. The van der Waals surface area contributed by atoms with Crippen LogP contribution in [0.5, 0.6) is 0 Å². The zero-order valence-electron chi connectivity index (χ0n) is 11.1. The van der Waals surface area contributed by atoms with Gasteiger partial charge in [0, 0.05) is 18.3 Å². The van der Waals surface area contributed by atoms with Gasteiger partial charge < -0.3 is 15.3 Å². The zero-order valence-corrected chi connectivity index (χ0v) is 15.7. The number of halogens is 4. The van der Waals surface area contributed by atoms with E-state index in [0.717, 1.165) is 0 Å². The first kappa shape index (κ1) is 27.2. The molecule has 3 nitrogen and oxygen atoms in total. The summed E-state index contributed by atoms with van der Waals surface area (Å²) in [7, 11) is 20.1. The van der Waals surface area contributed by atoms with Crippen LogP contribution >= 0.6 is 37.2 Å². The number of hydrogen-bond acceptors (Lipinski definition) is 3. The molecule has 0 aromatic rings. The van der Waals surface area contributed by atoms with Crippen LogP contribution in [0.1, 0.15) is 41.5 Å². The zero-order chi connectivity index (χ0) is 15.2. The summed E-state index contributed by atoms with van der Waals surface area (Å²) >= 11 is -3.11. The molecule has 0 aromatic heterocycles. The van der Waals surface area contributed by atoms with Gasteiger partial charge in [0.15, 0.2) is 0 Å². The molecule has 0 atom stereocenters. The maximum atomic E-state index is 8.06. The molecular weight excluding hydrogens is 346 g/mol. The third-order valence-electron chi connectivity index (χ3n) is 0. The number of hydrogen-bond donors (Lipinski definition) is 3. The fourth-order valence-electron chi connectivity index (χ4n) is 0. The van der Waals surface area contributed by atoms with Crippen molar-refractivity contribution in [3.63, 3.8) is 0 Å². The van der Waals surface area contributed by atoms with Gasteiger partial charge in [-0.15, -0.1) is 0 Å². The third-order valence-corrected chi connectivity index (χ3v) is 0. The minimum absolute atomic E-state index is 0.167. The molecule has 110 valence electrons. The monoisotopic (exact) mass is 368 g/mol. The Kier molecular flexibility index (Phi) is 28.4. The van der Waals surface area contributed by atoms with Crippen molar-refractivity contribution in [1.82, 2.24) is 0 Å². The van der Waals surface area contributed by atoms with Crippen LogP contribution in [0.2, 0.25) is 0 Å². The summed E-state index contributed by atoms with van der Waals surface area (Å²) in [6.07, 6.45) is -0.500. The quantitative estimate of drug-likeness (QED) is 0.567. The molecule has 0 rings (SSSR count). The molecule has 0 bridgehead atoms. The topological polar surface area (TPSA) is 60.7 Å². The van der Waals surface area contributed by atoms with Crippen molar-refractivity contribution in [2.24, 2.45) is 0 Å². The summed E-state index contributed by atoms with van der Waals surface area (Å²) in [6, 6.07) is 0. The Morgan fingerprint density at radius 1 is 0.588 bits per heavy atom. The normalized spacial score (nSPS) is 9.88. The van der Waals surface area contributed by atoms with E-state index in [1.165, 1.54) is 0 Å². The second kappa shape index (κ2) is 17.8. The summed E-state index contributed by atoms with van der Waals surface area (Å²) in [6.45, 7) is 10.3. The molecular formula is C9H24Cl4O3Ti. The van der Waals surface area contributed by atoms with Crippen molar-refractivity contribution in [2.45, 2.75) is 59.9 Å². The van der Waals surface area contributed by atoms with Gasteiger partial charge in [0.25, 0.3) is 0 Å². The van der Waals surface area contributed by atoms with Crippen LogP contribution in [-0.2, 0) is 12.3 Å². The van der Waals surface area contributed by atoms with Gasteiger partial charge in [-0.3, -0.25) is 0 Å². The molecule has 8 heteroatoms. The molecule has 0 aliphatic heterocycles. The fraction of sp³-hybridized carbons (Fsp3) is 1.00. The van der Waals surface area contributed by atoms with E-state index in [9.17, 15) is 0 Å². The van der Waals surface area contributed by atoms with E-state index < -0.39 is 12.3 Å². The van der Waals surface area contributed by atoms with Crippen molar-refractivity contribution in [3.05, 3.63) is 0 Å². The summed E-state index contributed by atoms with van der Waals surface area (Å²) in [5.74, 6) is 0. The van der Waals surface area contributed by atoms with E-state index in [-0.39, 0.29) is 18.3 Å².